The summed E-state index contributed by atoms with van der Waals surface area (Å²) in [6, 6.07) is 1.87. The van der Waals surface area contributed by atoms with E-state index < -0.39 is 5.97 Å². The number of carbonyl (C=O) groups is 2. The molecule has 88 valence electrons. The van der Waals surface area contributed by atoms with Crippen LogP contribution in [-0.2, 0) is 11.2 Å². The van der Waals surface area contributed by atoms with Crippen molar-refractivity contribution in [2.24, 2.45) is 0 Å². The van der Waals surface area contributed by atoms with Crippen LogP contribution < -0.4 is 5.32 Å². The molecule has 4 nitrogen and oxygen atoms in total. The van der Waals surface area contributed by atoms with Crippen LogP contribution in [0.15, 0.2) is 6.07 Å². The summed E-state index contributed by atoms with van der Waals surface area (Å²) in [6.45, 7) is 4.20. The molecule has 2 N–H and O–H groups in total. The van der Waals surface area contributed by atoms with E-state index in [4.69, 9.17) is 5.11 Å². The van der Waals surface area contributed by atoms with E-state index in [1.54, 1.807) is 0 Å². The minimum atomic E-state index is -0.906. The summed E-state index contributed by atoms with van der Waals surface area (Å²) in [6.07, 6.45) is 0.863. The second kappa shape index (κ2) is 5.65. The van der Waals surface area contributed by atoms with E-state index in [2.05, 4.69) is 5.32 Å². The van der Waals surface area contributed by atoms with Crippen LogP contribution in [0.5, 0.6) is 0 Å². The van der Waals surface area contributed by atoms with E-state index in [9.17, 15) is 9.59 Å². The Balaban J connectivity index is 2.56. The van der Waals surface area contributed by atoms with E-state index in [1.807, 2.05) is 19.9 Å². The maximum atomic E-state index is 11.6. The van der Waals surface area contributed by atoms with Gasteiger partial charge >= 0.3 is 5.97 Å². The van der Waals surface area contributed by atoms with Crippen molar-refractivity contribution in [2.45, 2.75) is 26.7 Å². The molecule has 0 aromatic carbocycles. The molecule has 0 saturated carbocycles. The Morgan fingerprint density at radius 3 is 2.69 bits per heavy atom. The van der Waals surface area contributed by atoms with Gasteiger partial charge in [-0.05, 0) is 25.0 Å². The van der Waals surface area contributed by atoms with Crippen molar-refractivity contribution in [3.05, 3.63) is 21.4 Å². The number of nitrogens with one attached hydrogen (secondary N) is 1. The van der Waals surface area contributed by atoms with E-state index in [-0.39, 0.29) is 18.9 Å². The highest BCUT2D eigenvalue weighted by Gasteiger charge is 2.11. The summed E-state index contributed by atoms with van der Waals surface area (Å²) in [5.41, 5.74) is 1.17. The molecule has 0 unspecified atom stereocenters. The molecule has 0 radical (unpaired) electrons. The topological polar surface area (TPSA) is 66.4 Å². The standard InChI is InChI=1S/C11H15NO3S/c1-3-8-6-9(16-7(8)2)11(15)12-5-4-10(13)14/h6H,3-5H2,1-2H3,(H,12,15)(H,13,14). The first-order valence-corrected chi connectivity index (χ1v) is 5.95. The van der Waals surface area contributed by atoms with E-state index in [0.717, 1.165) is 11.3 Å². The zero-order chi connectivity index (χ0) is 12.1. The molecular formula is C11H15NO3S. The lowest BCUT2D eigenvalue weighted by Gasteiger charge is -1.99. The van der Waals surface area contributed by atoms with Crippen molar-refractivity contribution < 1.29 is 14.7 Å². The number of hydrogen-bond acceptors (Lipinski definition) is 3. The predicted molar refractivity (Wildman–Crippen MR) is 63.0 cm³/mol. The lowest BCUT2D eigenvalue weighted by atomic mass is 10.2. The van der Waals surface area contributed by atoms with Gasteiger partial charge < -0.3 is 10.4 Å². The SMILES string of the molecule is CCc1cc(C(=O)NCCC(=O)O)sc1C. The van der Waals surface area contributed by atoms with Crippen molar-refractivity contribution in [3.8, 4) is 0 Å². The van der Waals surface area contributed by atoms with E-state index >= 15 is 0 Å². The van der Waals surface area contributed by atoms with Crippen molar-refractivity contribution in [2.75, 3.05) is 6.54 Å². The van der Waals surface area contributed by atoms with Crippen LogP contribution >= 0.6 is 11.3 Å². The molecule has 0 fully saturated rings. The first-order chi connectivity index (χ1) is 7.54. The largest absolute Gasteiger partial charge is 0.481 e. The number of carbonyl (C=O) groups excluding carboxylic acids is 1. The lowest BCUT2D eigenvalue weighted by molar-refractivity contribution is -0.136. The third-order valence-corrected chi connectivity index (χ3v) is 3.34. The zero-order valence-electron chi connectivity index (χ0n) is 9.37. The zero-order valence-corrected chi connectivity index (χ0v) is 10.2. The molecule has 0 aliphatic rings. The minimum Gasteiger partial charge on any atom is -0.481 e. The fraction of sp³-hybridized carbons (Fsp3) is 0.455. The lowest BCUT2D eigenvalue weighted by Crippen LogP contribution is -2.25. The van der Waals surface area contributed by atoms with Crippen LogP contribution in [0.25, 0.3) is 0 Å². The molecule has 5 heteroatoms. The molecule has 1 rings (SSSR count). The van der Waals surface area contributed by atoms with E-state index in [0.29, 0.717) is 4.88 Å². The van der Waals surface area contributed by atoms with Crippen molar-refractivity contribution in [1.82, 2.24) is 5.32 Å². The average molecular weight is 241 g/mol. The number of aliphatic carboxylic acids is 1. The number of carboxylic acids is 1. The summed E-state index contributed by atoms with van der Waals surface area (Å²) in [4.78, 5) is 23.7. The number of rotatable bonds is 5. The van der Waals surface area contributed by atoms with Gasteiger partial charge in [0.2, 0.25) is 0 Å². The highest BCUT2D eigenvalue weighted by Crippen LogP contribution is 2.21. The van der Waals surface area contributed by atoms with Gasteiger partial charge in [0.15, 0.2) is 0 Å². The molecule has 0 atom stereocenters. The molecule has 1 heterocycles. The Kier molecular flexibility index (Phi) is 4.49. The molecule has 1 amide bonds. The summed E-state index contributed by atoms with van der Waals surface area (Å²) >= 11 is 1.45. The second-order valence-electron chi connectivity index (χ2n) is 3.45. The predicted octanol–water partition coefficient (Wildman–Crippen LogP) is 1.82. The monoisotopic (exact) mass is 241 g/mol. The Morgan fingerprint density at radius 2 is 2.19 bits per heavy atom. The first-order valence-electron chi connectivity index (χ1n) is 5.14. The maximum absolute atomic E-state index is 11.6. The van der Waals surface area contributed by atoms with Gasteiger partial charge in [-0.2, -0.15) is 0 Å². The Labute approximate surface area is 98.3 Å². The van der Waals surface area contributed by atoms with Crippen LogP contribution in [0.1, 0.15) is 33.5 Å². The van der Waals surface area contributed by atoms with Gasteiger partial charge in [-0.1, -0.05) is 6.92 Å². The van der Waals surface area contributed by atoms with Gasteiger partial charge in [-0.25, -0.2) is 0 Å². The smallest absolute Gasteiger partial charge is 0.305 e. The van der Waals surface area contributed by atoms with Gasteiger partial charge in [-0.15, -0.1) is 11.3 Å². The average Bonchev–Trinajstić information content (AvgIpc) is 2.59. The van der Waals surface area contributed by atoms with Crippen LogP contribution in [0, 0.1) is 6.92 Å². The number of aryl methyl sites for hydroxylation is 2. The summed E-state index contributed by atoms with van der Waals surface area (Å²) in [7, 11) is 0. The van der Waals surface area contributed by atoms with E-state index in [1.165, 1.54) is 16.9 Å². The Hall–Kier alpha value is -1.36. The van der Waals surface area contributed by atoms with Crippen molar-refractivity contribution in [1.29, 1.82) is 0 Å². The Morgan fingerprint density at radius 1 is 1.50 bits per heavy atom. The molecule has 0 aliphatic heterocycles. The Bertz CT molecular complexity index is 398. The van der Waals surface area contributed by atoms with Crippen LogP contribution in [-0.4, -0.2) is 23.5 Å². The van der Waals surface area contributed by atoms with Gasteiger partial charge in [-0.3, -0.25) is 9.59 Å². The molecule has 0 saturated heterocycles. The molecule has 16 heavy (non-hydrogen) atoms. The molecule has 0 aliphatic carbocycles. The van der Waals surface area contributed by atoms with Crippen LogP contribution in [0.4, 0.5) is 0 Å². The normalized spacial score (nSPS) is 10.1. The molecular weight excluding hydrogens is 226 g/mol. The second-order valence-corrected chi connectivity index (χ2v) is 4.70. The summed E-state index contributed by atoms with van der Waals surface area (Å²) < 4.78 is 0. The fourth-order valence-electron chi connectivity index (χ4n) is 1.35. The summed E-state index contributed by atoms with van der Waals surface area (Å²) in [5.74, 6) is -1.09. The number of carboxylic acid groups (broad SMARTS) is 1. The minimum absolute atomic E-state index is 0.0449. The quantitative estimate of drug-likeness (QED) is 0.826. The molecule has 1 aromatic heterocycles. The molecule has 0 spiro atoms. The van der Waals surface area contributed by atoms with Gasteiger partial charge in [0.1, 0.15) is 0 Å². The number of hydrogen-bond donors (Lipinski definition) is 2. The van der Waals surface area contributed by atoms with Gasteiger partial charge in [0.25, 0.3) is 5.91 Å². The van der Waals surface area contributed by atoms with Crippen molar-refractivity contribution in [3.63, 3.8) is 0 Å². The molecule has 1 aromatic rings. The van der Waals surface area contributed by atoms with Crippen LogP contribution in [0.3, 0.4) is 0 Å². The number of thiophene rings is 1. The highest BCUT2D eigenvalue weighted by molar-refractivity contribution is 7.14. The van der Waals surface area contributed by atoms with Crippen molar-refractivity contribution >= 4 is 23.2 Å². The molecule has 0 bridgehead atoms. The highest BCUT2D eigenvalue weighted by atomic mass is 32.1. The first kappa shape index (κ1) is 12.7. The maximum Gasteiger partial charge on any atom is 0.305 e. The van der Waals surface area contributed by atoms with Gasteiger partial charge in [0, 0.05) is 11.4 Å². The van der Waals surface area contributed by atoms with Crippen LogP contribution in [0.2, 0.25) is 0 Å². The van der Waals surface area contributed by atoms with Gasteiger partial charge in [0.05, 0.1) is 11.3 Å². The third kappa shape index (κ3) is 3.34. The summed E-state index contributed by atoms with van der Waals surface area (Å²) in [5, 5.41) is 11.0. The fourth-order valence-corrected chi connectivity index (χ4v) is 2.38. The third-order valence-electron chi connectivity index (χ3n) is 2.25. The number of amides is 1.